The largest absolute Gasteiger partial charge is 0.339 e. The molecule has 1 atom stereocenters. The van der Waals surface area contributed by atoms with E-state index in [4.69, 9.17) is 16.1 Å². The summed E-state index contributed by atoms with van der Waals surface area (Å²) < 4.78 is 32.7. The van der Waals surface area contributed by atoms with Crippen LogP contribution in [0.4, 0.5) is 0 Å². The summed E-state index contributed by atoms with van der Waals surface area (Å²) in [6.45, 7) is 0.907. The van der Waals surface area contributed by atoms with Crippen LogP contribution in [0.3, 0.4) is 0 Å². The molecule has 4 rings (SSSR count). The zero-order valence-electron chi connectivity index (χ0n) is 14.9. The molecule has 1 saturated heterocycles. The minimum atomic E-state index is -3.55. The molecule has 2 aromatic heterocycles. The smallest absolute Gasteiger partial charge is 0.243 e. The molecule has 1 aliphatic rings. The third-order valence-corrected chi connectivity index (χ3v) is 6.79. The number of rotatable bonds is 5. The summed E-state index contributed by atoms with van der Waals surface area (Å²) >= 11 is 5.87. The summed E-state index contributed by atoms with van der Waals surface area (Å²) in [4.78, 5) is 12.8. The van der Waals surface area contributed by atoms with Crippen molar-refractivity contribution in [2.75, 3.05) is 13.1 Å². The van der Waals surface area contributed by atoms with Crippen LogP contribution in [0.2, 0.25) is 5.02 Å². The van der Waals surface area contributed by atoms with Crippen LogP contribution in [0, 0.1) is 5.92 Å². The highest BCUT2D eigenvalue weighted by Gasteiger charge is 2.31. The first-order chi connectivity index (χ1) is 13.5. The molecule has 3 heterocycles. The van der Waals surface area contributed by atoms with Gasteiger partial charge in [-0.25, -0.2) is 13.4 Å². The number of nitrogens with zero attached hydrogens (tertiary/aromatic N) is 5. The van der Waals surface area contributed by atoms with Crippen LogP contribution >= 0.6 is 11.6 Å². The molecule has 0 amide bonds. The Kier molecular flexibility index (Phi) is 5.38. The normalized spacial score (nSPS) is 18.2. The van der Waals surface area contributed by atoms with Crippen LogP contribution in [-0.4, -0.2) is 45.9 Å². The quantitative estimate of drug-likeness (QED) is 0.626. The molecule has 1 unspecified atom stereocenters. The van der Waals surface area contributed by atoms with Crippen molar-refractivity contribution in [1.29, 1.82) is 0 Å². The Hall–Kier alpha value is -2.36. The molecule has 0 bridgehead atoms. The van der Waals surface area contributed by atoms with Crippen LogP contribution in [0.25, 0.3) is 11.5 Å². The van der Waals surface area contributed by atoms with Crippen LogP contribution in [0.5, 0.6) is 0 Å². The van der Waals surface area contributed by atoms with Crippen molar-refractivity contribution in [1.82, 2.24) is 24.4 Å². The van der Waals surface area contributed by atoms with E-state index in [1.54, 1.807) is 30.7 Å². The lowest BCUT2D eigenvalue weighted by Gasteiger charge is -2.31. The zero-order chi connectivity index (χ0) is 19.6. The lowest BCUT2D eigenvalue weighted by Crippen LogP contribution is -2.40. The van der Waals surface area contributed by atoms with Crippen molar-refractivity contribution < 1.29 is 12.9 Å². The van der Waals surface area contributed by atoms with E-state index in [1.165, 1.54) is 16.4 Å². The summed E-state index contributed by atoms with van der Waals surface area (Å²) in [5.41, 5.74) is 0.535. The number of hydrogen-bond acceptors (Lipinski definition) is 7. The van der Waals surface area contributed by atoms with Gasteiger partial charge >= 0.3 is 0 Å². The topological polar surface area (TPSA) is 102 Å². The van der Waals surface area contributed by atoms with Crippen LogP contribution in [0.15, 0.2) is 52.3 Å². The Labute approximate surface area is 167 Å². The maximum Gasteiger partial charge on any atom is 0.243 e. The predicted molar refractivity (Wildman–Crippen MR) is 102 cm³/mol. The second kappa shape index (κ2) is 7.94. The second-order valence-corrected chi connectivity index (χ2v) is 9.01. The van der Waals surface area contributed by atoms with Gasteiger partial charge in [-0.2, -0.15) is 9.29 Å². The SMILES string of the molecule is O=S(=O)(c1ccc(Cl)cc1)N1CCCC(Cc2nc(-c3cnccn3)no2)C1. The average Bonchev–Trinajstić information content (AvgIpc) is 3.18. The fourth-order valence-corrected chi connectivity index (χ4v) is 4.95. The first-order valence-electron chi connectivity index (χ1n) is 8.87. The molecule has 0 saturated carbocycles. The fourth-order valence-electron chi connectivity index (χ4n) is 3.27. The molecule has 1 aromatic carbocycles. The van der Waals surface area contributed by atoms with Gasteiger partial charge in [0.15, 0.2) is 0 Å². The summed E-state index contributed by atoms with van der Waals surface area (Å²) in [5, 5.41) is 4.45. The maximum atomic E-state index is 12.9. The highest BCUT2D eigenvalue weighted by Crippen LogP contribution is 2.26. The second-order valence-electron chi connectivity index (χ2n) is 6.63. The van der Waals surface area contributed by atoms with Gasteiger partial charge in [-0.1, -0.05) is 16.8 Å². The van der Waals surface area contributed by atoms with Gasteiger partial charge in [0.2, 0.25) is 21.7 Å². The van der Waals surface area contributed by atoms with Crippen LogP contribution in [-0.2, 0) is 16.4 Å². The van der Waals surface area contributed by atoms with Crippen molar-refractivity contribution in [2.24, 2.45) is 5.92 Å². The Morgan fingerprint density at radius 2 is 2.04 bits per heavy atom. The molecule has 10 heteroatoms. The molecule has 0 radical (unpaired) electrons. The van der Waals surface area contributed by atoms with E-state index < -0.39 is 10.0 Å². The van der Waals surface area contributed by atoms with Crippen LogP contribution < -0.4 is 0 Å². The summed E-state index contributed by atoms with van der Waals surface area (Å²) in [7, 11) is -3.55. The fraction of sp³-hybridized carbons (Fsp3) is 0.333. The molecule has 8 nitrogen and oxygen atoms in total. The molecular formula is C18H18ClN5O3S. The third-order valence-electron chi connectivity index (χ3n) is 4.66. The molecule has 1 fully saturated rings. The van der Waals surface area contributed by atoms with Gasteiger partial charge in [0.1, 0.15) is 5.69 Å². The lowest BCUT2D eigenvalue weighted by molar-refractivity contribution is 0.247. The van der Waals surface area contributed by atoms with E-state index in [-0.39, 0.29) is 10.8 Å². The molecule has 3 aromatic rings. The number of benzene rings is 1. The Bertz CT molecular complexity index is 1040. The number of piperidine rings is 1. The van der Waals surface area contributed by atoms with Gasteiger partial charge in [-0.15, -0.1) is 0 Å². The van der Waals surface area contributed by atoms with Crippen molar-refractivity contribution in [3.8, 4) is 11.5 Å². The van der Waals surface area contributed by atoms with Gasteiger partial charge in [-0.3, -0.25) is 4.98 Å². The van der Waals surface area contributed by atoms with E-state index in [0.717, 1.165) is 12.8 Å². The summed E-state index contributed by atoms with van der Waals surface area (Å²) in [5.74, 6) is 0.951. The summed E-state index contributed by atoms with van der Waals surface area (Å²) in [6, 6.07) is 6.24. The van der Waals surface area contributed by atoms with Gasteiger partial charge < -0.3 is 4.52 Å². The van der Waals surface area contributed by atoms with E-state index >= 15 is 0 Å². The molecule has 1 aliphatic heterocycles. The van der Waals surface area contributed by atoms with Gasteiger partial charge in [0.05, 0.1) is 11.1 Å². The first-order valence-corrected chi connectivity index (χ1v) is 10.7. The lowest BCUT2D eigenvalue weighted by atomic mass is 9.96. The minimum absolute atomic E-state index is 0.103. The highest BCUT2D eigenvalue weighted by molar-refractivity contribution is 7.89. The van der Waals surface area contributed by atoms with Gasteiger partial charge in [-0.05, 0) is 43.0 Å². The minimum Gasteiger partial charge on any atom is -0.339 e. The van der Waals surface area contributed by atoms with Crippen LogP contribution in [0.1, 0.15) is 18.7 Å². The van der Waals surface area contributed by atoms with E-state index in [0.29, 0.717) is 41.9 Å². The predicted octanol–water partition coefficient (Wildman–Crippen LogP) is 2.82. The van der Waals surface area contributed by atoms with E-state index in [1.807, 2.05) is 0 Å². The Morgan fingerprint density at radius 3 is 2.79 bits per heavy atom. The third kappa shape index (κ3) is 4.06. The molecule has 0 aliphatic carbocycles. The summed E-state index contributed by atoms with van der Waals surface area (Å²) in [6.07, 6.45) is 6.89. The first kappa shape index (κ1) is 19.0. The Balaban J connectivity index is 1.46. The standard InChI is InChI=1S/C18H18ClN5O3S/c19-14-3-5-15(6-4-14)28(25,26)24-9-1-2-13(12-24)10-17-22-18(23-27-17)16-11-20-7-8-21-16/h3-8,11,13H,1-2,9-10,12H2. The Morgan fingerprint density at radius 1 is 1.21 bits per heavy atom. The molecule has 146 valence electrons. The number of aromatic nitrogens is 4. The number of hydrogen-bond donors (Lipinski definition) is 0. The van der Waals surface area contributed by atoms with Crippen molar-refractivity contribution in [3.63, 3.8) is 0 Å². The monoisotopic (exact) mass is 419 g/mol. The van der Waals surface area contributed by atoms with Crippen molar-refractivity contribution >= 4 is 21.6 Å². The van der Waals surface area contributed by atoms with E-state index in [2.05, 4.69) is 20.1 Å². The van der Waals surface area contributed by atoms with Gasteiger partial charge in [0, 0.05) is 36.9 Å². The number of sulfonamides is 1. The number of halogens is 1. The maximum absolute atomic E-state index is 12.9. The van der Waals surface area contributed by atoms with Gasteiger partial charge in [0.25, 0.3) is 0 Å². The van der Waals surface area contributed by atoms with Crippen molar-refractivity contribution in [3.05, 3.63) is 53.8 Å². The average molecular weight is 420 g/mol. The zero-order valence-corrected chi connectivity index (χ0v) is 16.5. The molecule has 0 spiro atoms. The van der Waals surface area contributed by atoms with Crippen molar-refractivity contribution in [2.45, 2.75) is 24.2 Å². The molecule has 28 heavy (non-hydrogen) atoms. The van der Waals surface area contributed by atoms with E-state index in [9.17, 15) is 8.42 Å². The molecular weight excluding hydrogens is 402 g/mol. The molecule has 0 N–H and O–H groups in total. The highest BCUT2D eigenvalue weighted by atomic mass is 35.5.